The van der Waals surface area contributed by atoms with Crippen LogP contribution >= 0.6 is 11.3 Å². The van der Waals surface area contributed by atoms with E-state index in [0.29, 0.717) is 6.42 Å². The first-order chi connectivity index (χ1) is 10.9. The van der Waals surface area contributed by atoms with Gasteiger partial charge in [-0.2, -0.15) is 13.2 Å². The fourth-order valence-corrected chi connectivity index (χ4v) is 2.87. The van der Waals surface area contributed by atoms with Gasteiger partial charge in [0.2, 0.25) is 5.91 Å². The van der Waals surface area contributed by atoms with Crippen molar-refractivity contribution in [2.75, 3.05) is 6.54 Å². The van der Waals surface area contributed by atoms with E-state index >= 15 is 0 Å². The fraction of sp³-hybridized carbons (Fsp3) is 0.375. The molecule has 1 N–H and O–H groups in total. The third kappa shape index (κ3) is 5.35. The second-order valence-corrected chi connectivity index (χ2v) is 6.23. The maximum atomic E-state index is 13.2. The quantitative estimate of drug-likeness (QED) is 0.866. The standard InChI is InChI=1S/C16H17F3N2OS/c1-11-21-13(10-23-11)7-8-20-15(22)9-14(16(17,18)19)12-5-3-2-4-6-12/h2-6,10,14H,7-9H2,1H3,(H,20,22). The first-order valence-corrected chi connectivity index (χ1v) is 8.03. The van der Waals surface area contributed by atoms with Crippen molar-refractivity contribution in [1.29, 1.82) is 0 Å². The Balaban J connectivity index is 1.90. The molecule has 0 aliphatic rings. The van der Waals surface area contributed by atoms with E-state index in [2.05, 4.69) is 10.3 Å². The van der Waals surface area contributed by atoms with Crippen molar-refractivity contribution in [3.63, 3.8) is 0 Å². The zero-order valence-electron chi connectivity index (χ0n) is 12.6. The lowest BCUT2D eigenvalue weighted by atomic mass is 9.95. The minimum Gasteiger partial charge on any atom is -0.356 e. The van der Waals surface area contributed by atoms with Crippen LogP contribution in [0.5, 0.6) is 0 Å². The molecule has 3 nitrogen and oxygen atoms in total. The summed E-state index contributed by atoms with van der Waals surface area (Å²) in [6.07, 6.45) is -4.55. The number of benzene rings is 1. The number of aromatic nitrogens is 1. The van der Waals surface area contributed by atoms with Gasteiger partial charge in [-0.05, 0) is 12.5 Å². The molecule has 0 saturated carbocycles. The normalized spacial score (nSPS) is 12.9. The molecule has 2 aromatic rings. The van der Waals surface area contributed by atoms with Gasteiger partial charge in [-0.1, -0.05) is 30.3 Å². The van der Waals surface area contributed by atoms with E-state index in [4.69, 9.17) is 0 Å². The molecule has 0 bridgehead atoms. The predicted octanol–water partition coefficient (Wildman–Crippen LogP) is 3.85. The number of amides is 1. The predicted molar refractivity (Wildman–Crippen MR) is 83.4 cm³/mol. The van der Waals surface area contributed by atoms with E-state index in [0.717, 1.165) is 10.7 Å². The third-order valence-corrected chi connectivity index (χ3v) is 4.18. The van der Waals surface area contributed by atoms with Gasteiger partial charge in [-0.15, -0.1) is 11.3 Å². The number of halogens is 3. The summed E-state index contributed by atoms with van der Waals surface area (Å²) in [4.78, 5) is 16.1. The summed E-state index contributed by atoms with van der Waals surface area (Å²) in [6, 6.07) is 7.51. The lowest BCUT2D eigenvalue weighted by Crippen LogP contribution is -2.31. The van der Waals surface area contributed by atoms with Crippen LogP contribution in [0.2, 0.25) is 0 Å². The average Bonchev–Trinajstić information content (AvgIpc) is 2.90. The van der Waals surface area contributed by atoms with E-state index in [-0.39, 0.29) is 12.1 Å². The highest BCUT2D eigenvalue weighted by atomic mass is 32.1. The minimum atomic E-state index is -4.45. The number of carbonyl (C=O) groups is 1. The molecule has 0 radical (unpaired) electrons. The molecule has 0 saturated heterocycles. The molecule has 1 aromatic heterocycles. The molecule has 23 heavy (non-hydrogen) atoms. The monoisotopic (exact) mass is 342 g/mol. The van der Waals surface area contributed by atoms with Crippen molar-refractivity contribution < 1.29 is 18.0 Å². The topological polar surface area (TPSA) is 42.0 Å². The maximum absolute atomic E-state index is 13.2. The van der Waals surface area contributed by atoms with Gasteiger partial charge in [0.15, 0.2) is 0 Å². The zero-order chi connectivity index (χ0) is 16.9. The van der Waals surface area contributed by atoms with Gasteiger partial charge in [0.05, 0.1) is 16.6 Å². The molecule has 1 atom stereocenters. The molecule has 0 aliphatic heterocycles. The van der Waals surface area contributed by atoms with Crippen molar-refractivity contribution in [2.24, 2.45) is 0 Å². The van der Waals surface area contributed by atoms with Gasteiger partial charge in [0.1, 0.15) is 0 Å². The van der Waals surface area contributed by atoms with Crippen molar-refractivity contribution in [3.05, 3.63) is 52.0 Å². The van der Waals surface area contributed by atoms with Gasteiger partial charge < -0.3 is 5.32 Å². The molecular weight excluding hydrogens is 325 g/mol. The molecule has 0 aliphatic carbocycles. The molecule has 1 heterocycles. The van der Waals surface area contributed by atoms with E-state index < -0.39 is 24.4 Å². The lowest BCUT2D eigenvalue weighted by molar-refractivity contribution is -0.157. The summed E-state index contributed by atoms with van der Waals surface area (Å²) in [7, 11) is 0. The van der Waals surface area contributed by atoms with E-state index in [1.807, 2.05) is 12.3 Å². The van der Waals surface area contributed by atoms with E-state index in [1.165, 1.54) is 35.6 Å². The van der Waals surface area contributed by atoms with Gasteiger partial charge in [-0.25, -0.2) is 4.98 Å². The zero-order valence-corrected chi connectivity index (χ0v) is 13.4. The summed E-state index contributed by atoms with van der Waals surface area (Å²) in [5.74, 6) is -2.40. The molecule has 2 rings (SSSR count). The Kier molecular flexibility index (Phi) is 5.76. The van der Waals surface area contributed by atoms with Crippen LogP contribution in [-0.2, 0) is 11.2 Å². The highest BCUT2D eigenvalue weighted by Gasteiger charge is 2.41. The Bertz CT molecular complexity index is 640. The molecule has 1 aromatic carbocycles. The van der Waals surface area contributed by atoms with Crippen LogP contribution in [0.25, 0.3) is 0 Å². The smallest absolute Gasteiger partial charge is 0.356 e. The Morgan fingerprint density at radius 2 is 2.00 bits per heavy atom. The van der Waals surface area contributed by atoms with E-state index in [1.54, 1.807) is 6.07 Å². The lowest BCUT2D eigenvalue weighted by Gasteiger charge is -2.20. The van der Waals surface area contributed by atoms with Gasteiger partial charge in [0.25, 0.3) is 0 Å². The second-order valence-electron chi connectivity index (χ2n) is 5.17. The van der Waals surface area contributed by atoms with Crippen LogP contribution in [0.15, 0.2) is 35.7 Å². The Morgan fingerprint density at radius 3 is 2.57 bits per heavy atom. The summed E-state index contributed by atoms with van der Waals surface area (Å²) in [5, 5.41) is 5.34. The number of carbonyl (C=O) groups excluding carboxylic acids is 1. The second kappa shape index (κ2) is 7.59. The molecule has 1 amide bonds. The van der Waals surface area contributed by atoms with Crippen molar-refractivity contribution >= 4 is 17.2 Å². The maximum Gasteiger partial charge on any atom is 0.396 e. The average molecular weight is 342 g/mol. The number of aryl methyl sites for hydroxylation is 1. The third-order valence-electron chi connectivity index (χ3n) is 3.36. The molecule has 124 valence electrons. The Morgan fingerprint density at radius 1 is 1.30 bits per heavy atom. The van der Waals surface area contributed by atoms with Crippen LogP contribution in [0.4, 0.5) is 13.2 Å². The molecule has 0 spiro atoms. The first kappa shape index (κ1) is 17.5. The van der Waals surface area contributed by atoms with Crippen LogP contribution in [0.1, 0.15) is 28.6 Å². The van der Waals surface area contributed by atoms with Crippen molar-refractivity contribution in [1.82, 2.24) is 10.3 Å². The number of thiazole rings is 1. The summed E-state index contributed by atoms with van der Waals surface area (Å²) in [5.41, 5.74) is 0.938. The van der Waals surface area contributed by atoms with E-state index in [9.17, 15) is 18.0 Å². The number of hydrogen-bond donors (Lipinski definition) is 1. The van der Waals surface area contributed by atoms with Crippen LogP contribution in [-0.4, -0.2) is 23.6 Å². The molecule has 7 heteroatoms. The number of nitrogens with one attached hydrogen (secondary N) is 1. The van der Waals surface area contributed by atoms with Gasteiger partial charge in [0, 0.05) is 24.8 Å². The first-order valence-electron chi connectivity index (χ1n) is 7.15. The minimum absolute atomic E-state index is 0.102. The highest BCUT2D eigenvalue weighted by Crippen LogP contribution is 2.37. The van der Waals surface area contributed by atoms with Crippen LogP contribution in [0.3, 0.4) is 0 Å². The SMILES string of the molecule is Cc1nc(CCNC(=O)CC(c2ccccc2)C(F)(F)F)cs1. The number of nitrogens with zero attached hydrogens (tertiary/aromatic N) is 1. The number of alkyl halides is 3. The highest BCUT2D eigenvalue weighted by molar-refractivity contribution is 7.09. The summed E-state index contributed by atoms with van der Waals surface area (Å²) >= 11 is 1.50. The molecule has 0 fully saturated rings. The molecule has 1 unspecified atom stereocenters. The number of rotatable bonds is 6. The Hall–Kier alpha value is -1.89. The van der Waals surface area contributed by atoms with Crippen molar-refractivity contribution in [2.45, 2.75) is 31.9 Å². The Labute approximate surface area is 136 Å². The summed E-state index contributed by atoms with van der Waals surface area (Å²) in [6.45, 7) is 2.15. The van der Waals surface area contributed by atoms with Crippen molar-refractivity contribution in [3.8, 4) is 0 Å². The van der Waals surface area contributed by atoms with Crippen LogP contribution < -0.4 is 5.32 Å². The van der Waals surface area contributed by atoms with Gasteiger partial charge in [-0.3, -0.25) is 4.79 Å². The van der Waals surface area contributed by atoms with Crippen LogP contribution in [0, 0.1) is 6.92 Å². The summed E-state index contributed by atoms with van der Waals surface area (Å²) < 4.78 is 39.5. The largest absolute Gasteiger partial charge is 0.396 e. The van der Waals surface area contributed by atoms with Gasteiger partial charge >= 0.3 is 6.18 Å². The number of hydrogen-bond acceptors (Lipinski definition) is 3. The fourth-order valence-electron chi connectivity index (χ4n) is 2.22. The molecular formula is C16H17F3N2OS.